The van der Waals surface area contributed by atoms with Crippen molar-refractivity contribution in [3.05, 3.63) is 33.2 Å². The second kappa shape index (κ2) is 10.7. The SMILES string of the molecule is CON=C(C(=O)NC1C(=O)N2CC(C=Cc3scnc3C)(C(=O)[O-])CS[C@H]12)c1csc(N)n1.[Na+]. The maximum atomic E-state index is 12.8. The number of aromatic nitrogens is 2. The Hall–Kier alpha value is -1.97. The van der Waals surface area contributed by atoms with E-state index in [1.807, 2.05) is 6.92 Å². The van der Waals surface area contributed by atoms with Gasteiger partial charge in [0.25, 0.3) is 5.91 Å². The zero-order chi connectivity index (χ0) is 23.8. The number of fused-ring (bicyclic) bond motifs is 1. The zero-order valence-electron chi connectivity index (χ0n) is 18.5. The first-order valence-corrected chi connectivity index (χ1v) is 12.4. The van der Waals surface area contributed by atoms with Gasteiger partial charge >= 0.3 is 29.6 Å². The number of β-lactam (4-membered cyclic amide) rings is 1. The van der Waals surface area contributed by atoms with Crippen LogP contribution in [0.1, 0.15) is 16.3 Å². The number of thioether (sulfide) groups is 1. The van der Waals surface area contributed by atoms with E-state index in [9.17, 15) is 19.5 Å². The molecule has 3 N–H and O–H groups in total. The molecule has 2 aliphatic heterocycles. The van der Waals surface area contributed by atoms with Crippen LogP contribution in [0.3, 0.4) is 0 Å². The molecule has 4 heterocycles. The van der Waals surface area contributed by atoms with Crippen molar-refractivity contribution in [1.29, 1.82) is 0 Å². The van der Waals surface area contributed by atoms with Gasteiger partial charge in [-0.1, -0.05) is 11.2 Å². The van der Waals surface area contributed by atoms with Crippen LogP contribution in [0.4, 0.5) is 5.13 Å². The normalized spacial score (nSPS) is 24.2. The van der Waals surface area contributed by atoms with Gasteiger partial charge in [-0.2, -0.15) is 0 Å². The number of aryl methyl sites for hydroxylation is 1. The topological polar surface area (TPSA) is 163 Å². The van der Waals surface area contributed by atoms with Gasteiger partial charge in [0, 0.05) is 22.6 Å². The van der Waals surface area contributed by atoms with Crippen molar-refractivity contribution in [2.75, 3.05) is 25.1 Å². The molecule has 4 rings (SSSR count). The molecule has 2 aromatic heterocycles. The van der Waals surface area contributed by atoms with Crippen molar-refractivity contribution < 1.29 is 53.9 Å². The molecular weight excluding hydrogens is 511 g/mol. The molecule has 2 amide bonds. The fourth-order valence-electron chi connectivity index (χ4n) is 3.49. The molecule has 0 aliphatic carbocycles. The van der Waals surface area contributed by atoms with E-state index in [0.29, 0.717) is 0 Å². The number of anilines is 1. The Morgan fingerprint density at radius 1 is 1.44 bits per heavy atom. The summed E-state index contributed by atoms with van der Waals surface area (Å²) in [5.41, 5.74) is 6.89. The molecule has 15 heteroatoms. The van der Waals surface area contributed by atoms with E-state index in [2.05, 4.69) is 20.4 Å². The Balaban J connectivity index is 0.00000324. The summed E-state index contributed by atoms with van der Waals surface area (Å²) >= 11 is 3.81. The molecule has 0 bridgehead atoms. The summed E-state index contributed by atoms with van der Waals surface area (Å²) in [7, 11) is 1.29. The third kappa shape index (κ3) is 5.02. The van der Waals surface area contributed by atoms with Gasteiger partial charge in [0.1, 0.15) is 24.2 Å². The molecule has 174 valence electrons. The Morgan fingerprint density at radius 3 is 2.79 bits per heavy atom. The van der Waals surface area contributed by atoms with E-state index >= 15 is 0 Å². The molecule has 34 heavy (non-hydrogen) atoms. The molecule has 11 nitrogen and oxygen atoms in total. The van der Waals surface area contributed by atoms with E-state index in [-0.39, 0.29) is 64.3 Å². The number of hydrogen-bond acceptors (Lipinski definition) is 12. The predicted molar refractivity (Wildman–Crippen MR) is 123 cm³/mol. The Bertz CT molecular complexity index is 1170. The van der Waals surface area contributed by atoms with Gasteiger partial charge in [0.2, 0.25) is 5.91 Å². The molecule has 2 unspecified atom stereocenters. The number of thiazole rings is 2. The number of rotatable bonds is 7. The summed E-state index contributed by atoms with van der Waals surface area (Å²) in [4.78, 5) is 52.8. The molecular formula is C19H19N6NaO5S3. The molecule has 3 atom stereocenters. The van der Waals surface area contributed by atoms with E-state index in [0.717, 1.165) is 21.9 Å². The quantitative estimate of drug-likeness (QED) is 0.162. The molecule has 0 spiro atoms. The number of hydrogen-bond donors (Lipinski definition) is 2. The Kier molecular flexibility index (Phi) is 8.42. The van der Waals surface area contributed by atoms with Crippen LogP contribution in [0.25, 0.3) is 6.08 Å². The van der Waals surface area contributed by atoms with Gasteiger partial charge in [-0.05, 0) is 13.0 Å². The van der Waals surface area contributed by atoms with Crippen molar-refractivity contribution in [2.24, 2.45) is 10.6 Å². The number of aliphatic carboxylic acids is 1. The van der Waals surface area contributed by atoms with Gasteiger partial charge in [-0.15, -0.1) is 34.4 Å². The third-order valence-corrected chi connectivity index (χ3v) is 8.42. The number of nitrogens with two attached hydrogens (primary N) is 1. The fourth-order valence-corrected chi connectivity index (χ4v) is 6.25. The molecule has 2 aromatic rings. The molecule has 0 radical (unpaired) electrons. The second-order valence-electron chi connectivity index (χ2n) is 7.39. The van der Waals surface area contributed by atoms with Gasteiger partial charge in [0.15, 0.2) is 10.8 Å². The third-order valence-electron chi connectivity index (χ3n) is 5.30. The average molecular weight is 531 g/mol. The first kappa shape index (κ1) is 26.6. The summed E-state index contributed by atoms with van der Waals surface area (Å²) in [6, 6.07) is -0.826. The Labute approximate surface area is 229 Å². The smallest absolute Gasteiger partial charge is 0.549 e. The minimum absolute atomic E-state index is 0. The molecule has 2 aliphatic rings. The average Bonchev–Trinajstić information content (AvgIpc) is 3.41. The van der Waals surface area contributed by atoms with Gasteiger partial charge in [-0.3, -0.25) is 9.59 Å². The van der Waals surface area contributed by atoms with E-state index in [1.54, 1.807) is 23.0 Å². The number of nitrogens with one attached hydrogen (secondary N) is 1. The minimum Gasteiger partial charge on any atom is -0.549 e. The molecule has 2 fully saturated rings. The number of oxime groups is 1. The standard InChI is InChI=1S/C19H20N6O5S3.Na/c1-9-11(33-8-21-9)3-4-19(17(28)29)6-25-15(27)13(16(25)32-7-19)23-14(26)12(24-30-2)10-5-31-18(20)22-10;/h3-5,8,13,16H,6-7H2,1-2H3,(H2,20,22)(H,23,26)(H,28,29);/q;+1/p-1/t13?,16-,19?;/m1./s1. The summed E-state index contributed by atoms with van der Waals surface area (Å²) in [5.74, 6) is -2.10. The summed E-state index contributed by atoms with van der Waals surface area (Å²) in [6.45, 7) is 1.79. The number of carboxylic acids is 1. The molecule has 2 saturated heterocycles. The van der Waals surface area contributed by atoms with Crippen LogP contribution in [0.2, 0.25) is 0 Å². The van der Waals surface area contributed by atoms with E-state index < -0.39 is 28.7 Å². The van der Waals surface area contributed by atoms with Gasteiger partial charge in [-0.25, -0.2) is 9.97 Å². The van der Waals surface area contributed by atoms with E-state index in [1.165, 1.54) is 35.1 Å². The Morgan fingerprint density at radius 2 is 2.21 bits per heavy atom. The minimum atomic E-state index is -1.34. The van der Waals surface area contributed by atoms with Crippen LogP contribution in [-0.4, -0.2) is 69.2 Å². The van der Waals surface area contributed by atoms with Crippen LogP contribution < -0.4 is 45.7 Å². The van der Waals surface area contributed by atoms with E-state index in [4.69, 9.17) is 10.6 Å². The van der Waals surface area contributed by atoms with Crippen LogP contribution in [0, 0.1) is 12.3 Å². The summed E-state index contributed by atoms with van der Waals surface area (Å²) < 4.78 is 0. The predicted octanol–water partition coefficient (Wildman–Crippen LogP) is -3.31. The monoisotopic (exact) mass is 530 g/mol. The van der Waals surface area contributed by atoms with Crippen molar-refractivity contribution in [3.63, 3.8) is 0 Å². The number of nitrogen functional groups attached to an aromatic ring is 1. The number of carbonyl (C=O) groups is 3. The van der Waals surface area contributed by atoms with Crippen molar-refractivity contribution in [1.82, 2.24) is 20.2 Å². The number of nitrogens with zero attached hydrogens (tertiary/aromatic N) is 4. The molecule has 0 saturated carbocycles. The first-order valence-electron chi connectivity index (χ1n) is 9.62. The number of amides is 2. The van der Waals surface area contributed by atoms with Crippen LogP contribution >= 0.6 is 34.4 Å². The maximum absolute atomic E-state index is 12.8. The molecule has 0 aromatic carbocycles. The maximum Gasteiger partial charge on any atom is 1.00 e. The zero-order valence-corrected chi connectivity index (χ0v) is 23.0. The summed E-state index contributed by atoms with van der Waals surface area (Å²) in [5, 5.41) is 19.8. The first-order chi connectivity index (χ1) is 15.8. The van der Waals surface area contributed by atoms with Crippen molar-refractivity contribution in [3.8, 4) is 0 Å². The van der Waals surface area contributed by atoms with Gasteiger partial charge in [0.05, 0.1) is 22.6 Å². The largest absolute Gasteiger partial charge is 1.00 e. The van der Waals surface area contributed by atoms with Crippen molar-refractivity contribution in [2.45, 2.75) is 18.3 Å². The van der Waals surface area contributed by atoms with Crippen molar-refractivity contribution >= 4 is 69.1 Å². The summed E-state index contributed by atoms with van der Waals surface area (Å²) in [6.07, 6.45) is 3.28. The number of carbonyl (C=O) groups excluding carboxylic acids is 3. The van der Waals surface area contributed by atoms with Crippen LogP contribution in [0.15, 0.2) is 22.1 Å². The number of carboxylic acid groups (broad SMARTS) is 1. The second-order valence-corrected chi connectivity index (χ2v) is 10.3. The van der Waals surface area contributed by atoms with Crippen LogP contribution in [-0.2, 0) is 19.2 Å². The van der Waals surface area contributed by atoms with Gasteiger partial charge < -0.3 is 30.7 Å². The fraction of sp³-hybridized carbons (Fsp3) is 0.368. The van der Waals surface area contributed by atoms with Crippen LogP contribution in [0.5, 0.6) is 0 Å².